The number of amides is 1. The van der Waals surface area contributed by atoms with Crippen LogP contribution in [0.1, 0.15) is 24.4 Å². The molecule has 1 fully saturated rings. The Morgan fingerprint density at radius 2 is 2.18 bits per heavy atom. The van der Waals surface area contributed by atoms with Crippen LogP contribution in [-0.2, 0) is 16.0 Å². The molecular formula is C18H18N4O4S2. The summed E-state index contributed by atoms with van der Waals surface area (Å²) >= 11 is 2.68. The van der Waals surface area contributed by atoms with Crippen LogP contribution in [0.15, 0.2) is 34.2 Å². The standard InChI is InChI=1S/C18H18N4O4S2/c1-3-14-20-21-17(28-14)19-18-22(4-2)16(25)13(27-18)9-11-6-5-7-12(8-11)26-10-15(23)24/h5-9H,3-4,10H2,1-2H3,(H,23,24)/b13-9+,19-18+. The number of aliphatic carboxylic acids is 1. The Morgan fingerprint density at radius 3 is 2.86 bits per heavy atom. The van der Waals surface area contributed by atoms with Crippen molar-refractivity contribution in [3.05, 3.63) is 39.7 Å². The molecule has 0 radical (unpaired) electrons. The fourth-order valence-corrected chi connectivity index (χ4v) is 4.13. The van der Waals surface area contributed by atoms with E-state index in [1.54, 1.807) is 29.2 Å². The van der Waals surface area contributed by atoms with Gasteiger partial charge in [-0.3, -0.25) is 9.69 Å². The lowest BCUT2D eigenvalue weighted by molar-refractivity contribution is -0.139. The number of benzene rings is 1. The topological polar surface area (TPSA) is 105 Å². The van der Waals surface area contributed by atoms with E-state index in [4.69, 9.17) is 9.84 Å². The van der Waals surface area contributed by atoms with Gasteiger partial charge in [-0.2, -0.15) is 4.99 Å². The Morgan fingerprint density at radius 1 is 1.36 bits per heavy atom. The first-order valence-electron chi connectivity index (χ1n) is 8.57. The minimum Gasteiger partial charge on any atom is -0.482 e. The first kappa shape index (κ1) is 20.0. The summed E-state index contributed by atoms with van der Waals surface area (Å²) in [5, 5.41) is 18.8. The van der Waals surface area contributed by atoms with Crippen LogP contribution in [0.4, 0.5) is 5.13 Å². The monoisotopic (exact) mass is 418 g/mol. The van der Waals surface area contributed by atoms with E-state index in [0.29, 0.717) is 27.5 Å². The third-order valence-corrected chi connectivity index (χ3v) is 5.64. The summed E-state index contributed by atoms with van der Waals surface area (Å²) in [4.78, 5) is 30.0. The van der Waals surface area contributed by atoms with Gasteiger partial charge in [-0.1, -0.05) is 30.4 Å². The third-order valence-electron chi connectivity index (χ3n) is 3.67. The van der Waals surface area contributed by atoms with Gasteiger partial charge in [0.05, 0.1) is 4.91 Å². The Kier molecular flexibility index (Phi) is 6.42. The summed E-state index contributed by atoms with van der Waals surface area (Å²) in [6, 6.07) is 6.92. The molecule has 10 heteroatoms. The molecule has 0 aliphatic carbocycles. The second kappa shape index (κ2) is 8.98. The maximum absolute atomic E-state index is 12.7. The zero-order chi connectivity index (χ0) is 20.1. The second-order valence-electron chi connectivity index (χ2n) is 5.64. The Bertz CT molecular complexity index is 955. The predicted molar refractivity (Wildman–Crippen MR) is 109 cm³/mol. The van der Waals surface area contributed by atoms with Crippen molar-refractivity contribution in [1.82, 2.24) is 15.1 Å². The predicted octanol–water partition coefficient (Wildman–Crippen LogP) is 3.19. The summed E-state index contributed by atoms with van der Waals surface area (Å²) in [6.45, 7) is 3.95. The van der Waals surface area contributed by atoms with Crippen molar-refractivity contribution >= 4 is 51.4 Å². The number of aryl methyl sites for hydroxylation is 1. The summed E-state index contributed by atoms with van der Waals surface area (Å²) in [5.41, 5.74) is 0.736. The number of hydrogen-bond donors (Lipinski definition) is 1. The van der Waals surface area contributed by atoms with Crippen LogP contribution in [0.2, 0.25) is 0 Å². The maximum atomic E-state index is 12.7. The molecule has 146 valence electrons. The van der Waals surface area contributed by atoms with Crippen molar-refractivity contribution in [2.24, 2.45) is 4.99 Å². The Hall–Kier alpha value is -2.72. The summed E-state index contributed by atoms with van der Waals surface area (Å²) in [6.07, 6.45) is 2.53. The number of ether oxygens (including phenoxy) is 1. The molecular weight excluding hydrogens is 400 g/mol. The number of hydrogen-bond acceptors (Lipinski definition) is 8. The Balaban J connectivity index is 1.83. The van der Waals surface area contributed by atoms with E-state index < -0.39 is 12.6 Å². The van der Waals surface area contributed by atoms with E-state index in [2.05, 4.69) is 15.2 Å². The molecule has 0 bridgehead atoms. The smallest absolute Gasteiger partial charge is 0.341 e. The van der Waals surface area contributed by atoms with Crippen LogP contribution in [0.3, 0.4) is 0 Å². The quantitative estimate of drug-likeness (QED) is 0.689. The molecule has 1 N–H and O–H groups in total. The SMILES string of the molecule is CCc1nnc(/N=C2/S/C(=C/c3cccc(OCC(=O)O)c3)C(=O)N2CC)s1. The highest BCUT2D eigenvalue weighted by Crippen LogP contribution is 2.34. The second-order valence-corrected chi connectivity index (χ2v) is 7.69. The van der Waals surface area contributed by atoms with E-state index >= 15 is 0 Å². The average molecular weight is 419 g/mol. The molecule has 1 aromatic carbocycles. The fraction of sp³-hybridized carbons (Fsp3) is 0.278. The van der Waals surface area contributed by atoms with Crippen molar-refractivity contribution < 1.29 is 19.4 Å². The van der Waals surface area contributed by atoms with Gasteiger partial charge < -0.3 is 9.84 Å². The molecule has 1 saturated heterocycles. The third kappa shape index (κ3) is 4.76. The van der Waals surface area contributed by atoms with Gasteiger partial charge in [0, 0.05) is 6.54 Å². The zero-order valence-corrected chi connectivity index (χ0v) is 16.9. The maximum Gasteiger partial charge on any atom is 0.341 e. The minimum atomic E-state index is -1.05. The largest absolute Gasteiger partial charge is 0.482 e. The van der Waals surface area contributed by atoms with Crippen LogP contribution in [0, 0.1) is 0 Å². The van der Waals surface area contributed by atoms with Crippen LogP contribution < -0.4 is 4.74 Å². The molecule has 8 nitrogen and oxygen atoms in total. The number of carbonyl (C=O) groups is 2. The number of carbonyl (C=O) groups excluding carboxylic acids is 1. The van der Waals surface area contributed by atoms with Crippen molar-refractivity contribution in [3.8, 4) is 5.75 Å². The van der Waals surface area contributed by atoms with Crippen LogP contribution in [-0.4, -0.2) is 50.4 Å². The molecule has 2 heterocycles. The highest BCUT2D eigenvalue weighted by Gasteiger charge is 2.32. The van der Waals surface area contributed by atoms with E-state index in [1.807, 2.05) is 19.9 Å². The molecule has 1 aliphatic heterocycles. The zero-order valence-electron chi connectivity index (χ0n) is 15.3. The highest BCUT2D eigenvalue weighted by atomic mass is 32.2. The molecule has 0 atom stereocenters. The normalized spacial score (nSPS) is 16.9. The number of amidine groups is 1. The van der Waals surface area contributed by atoms with Gasteiger partial charge >= 0.3 is 5.97 Å². The average Bonchev–Trinajstić information content (AvgIpc) is 3.25. The molecule has 2 aromatic rings. The number of thioether (sulfide) groups is 1. The van der Waals surface area contributed by atoms with Crippen LogP contribution in [0.25, 0.3) is 6.08 Å². The highest BCUT2D eigenvalue weighted by molar-refractivity contribution is 8.18. The molecule has 0 saturated carbocycles. The first-order valence-corrected chi connectivity index (χ1v) is 10.2. The van der Waals surface area contributed by atoms with Crippen molar-refractivity contribution in [2.75, 3.05) is 13.2 Å². The lowest BCUT2D eigenvalue weighted by Gasteiger charge is -2.11. The van der Waals surface area contributed by atoms with E-state index in [-0.39, 0.29) is 5.91 Å². The molecule has 28 heavy (non-hydrogen) atoms. The minimum absolute atomic E-state index is 0.136. The molecule has 0 unspecified atom stereocenters. The van der Waals surface area contributed by atoms with E-state index in [9.17, 15) is 9.59 Å². The number of nitrogens with zero attached hydrogens (tertiary/aromatic N) is 4. The lowest BCUT2D eigenvalue weighted by Crippen LogP contribution is -2.28. The number of aliphatic imine (C=N–C) groups is 1. The van der Waals surface area contributed by atoms with Crippen molar-refractivity contribution in [1.29, 1.82) is 0 Å². The molecule has 1 aromatic heterocycles. The number of rotatable bonds is 7. The number of likely N-dealkylation sites (N-methyl/N-ethyl adjacent to an activating group) is 1. The van der Waals surface area contributed by atoms with Gasteiger partial charge in [0.25, 0.3) is 5.91 Å². The van der Waals surface area contributed by atoms with Gasteiger partial charge in [-0.25, -0.2) is 4.79 Å². The van der Waals surface area contributed by atoms with Gasteiger partial charge in [0.1, 0.15) is 10.8 Å². The van der Waals surface area contributed by atoms with E-state index in [0.717, 1.165) is 17.0 Å². The number of carboxylic acid groups (broad SMARTS) is 1. The van der Waals surface area contributed by atoms with E-state index in [1.165, 1.54) is 23.1 Å². The summed E-state index contributed by atoms with van der Waals surface area (Å²) < 4.78 is 5.19. The molecule has 3 rings (SSSR count). The summed E-state index contributed by atoms with van der Waals surface area (Å²) in [7, 11) is 0. The molecule has 1 amide bonds. The van der Waals surface area contributed by atoms with Crippen LogP contribution in [0.5, 0.6) is 5.75 Å². The van der Waals surface area contributed by atoms with Crippen LogP contribution >= 0.6 is 23.1 Å². The van der Waals surface area contributed by atoms with Gasteiger partial charge in [-0.05, 0) is 48.9 Å². The van der Waals surface area contributed by atoms with Crippen molar-refractivity contribution in [2.45, 2.75) is 20.3 Å². The Labute approximate surface area is 169 Å². The lowest BCUT2D eigenvalue weighted by atomic mass is 10.2. The molecule has 0 spiro atoms. The van der Waals surface area contributed by atoms with Gasteiger partial charge in [0.2, 0.25) is 5.13 Å². The fourth-order valence-electron chi connectivity index (χ4n) is 2.38. The van der Waals surface area contributed by atoms with Crippen molar-refractivity contribution in [3.63, 3.8) is 0 Å². The van der Waals surface area contributed by atoms with Gasteiger partial charge in [-0.15, -0.1) is 10.2 Å². The first-order chi connectivity index (χ1) is 13.5. The van der Waals surface area contributed by atoms with Gasteiger partial charge in [0.15, 0.2) is 11.8 Å². The molecule has 1 aliphatic rings. The summed E-state index contributed by atoms with van der Waals surface area (Å²) in [5.74, 6) is -0.759. The number of carboxylic acids is 1. The number of aromatic nitrogens is 2.